The lowest BCUT2D eigenvalue weighted by molar-refractivity contribution is -0.178. The van der Waals surface area contributed by atoms with Crippen LogP contribution in [0.15, 0.2) is 0 Å². The number of carbonyl (C=O) groups excluding carboxylic acids is 3. The lowest BCUT2D eigenvalue weighted by Crippen LogP contribution is -2.63. The van der Waals surface area contributed by atoms with Crippen molar-refractivity contribution in [1.29, 1.82) is 0 Å². The third-order valence-electron chi connectivity index (χ3n) is 4.78. The smallest absolute Gasteiger partial charge is 0.344 e. The van der Waals surface area contributed by atoms with Gasteiger partial charge >= 0.3 is 5.97 Å². The highest BCUT2D eigenvalue weighted by molar-refractivity contribution is 6.22. The predicted molar refractivity (Wildman–Crippen MR) is 93.7 cm³/mol. The van der Waals surface area contributed by atoms with E-state index >= 15 is 0 Å². The average Bonchev–Trinajstić information content (AvgIpc) is 2.59. The van der Waals surface area contributed by atoms with Crippen molar-refractivity contribution in [3.05, 3.63) is 0 Å². The Labute approximate surface area is 153 Å². The summed E-state index contributed by atoms with van der Waals surface area (Å²) in [5, 5.41) is 35.4. The zero-order valence-corrected chi connectivity index (χ0v) is 16.1. The molecular weight excluding hydrogens is 344 g/mol. The molecule has 0 saturated heterocycles. The normalized spacial score (nSPS) is 19.5. The Morgan fingerprint density at radius 1 is 1.04 bits per heavy atom. The number of rotatable bonds is 12. The minimum Gasteiger partial charge on any atom is -0.479 e. The van der Waals surface area contributed by atoms with Gasteiger partial charge in [0.15, 0.2) is 17.2 Å². The summed E-state index contributed by atoms with van der Waals surface area (Å²) in [7, 11) is 2.92. The van der Waals surface area contributed by atoms with Gasteiger partial charge < -0.3 is 26.0 Å². The Kier molecular flexibility index (Phi) is 8.71. The van der Waals surface area contributed by atoms with E-state index < -0.39 is 53.0 Å². The van der Waals surface area contributed by atoms with E-state index in [0.717, 1.165) is 6.92 Å². The molecule has 0 aromatic carbocycles. The molecule has 26 heavy (non-hydrogen) atoms. The van der Waals surface area contributed by atoms with Crippen molar-refractivity contribution in [2.45, 2.75) is 63.8 Å². The number of hydrogen-bond acceptors (Lipinski definition) is 8. The van der Waals surface area contributed by atoms with E-state index in [1.807, 2.05) is 6.92 Å². The fraction of sp³-hybridized carbons (Fsp3) is 0.765. The lowest BCUT2D eigenvalue weighted by Gasteiger charge is -2.32. The number of aliphatic carboxylic acids is 1. The van der Waals surface area contributed by atoms with Crippen molar-refractivity contribution in [1.82, 2.24) is 10.6 Å². The standard InChI is InChI=1S/C17H30N2O7/c1-7-9(2)12(19-6)11(20)8-17(26,15(23)24)14(22)16(4,25)13(21)10(3)18-5/h9-10,12,18-19,25-26H,7-8H2,1-6H3,(H,23,24)/t9?,10-,12-,16?,17?/m0/s1. The first-order valence-corrected chi connectivity index (χ1v) is 8.45. The van der Waals surface area contributed by atoms with Gasteiger partial charge in [-0.2, -0.15) is 0 Å². The van der Waals surface area contributed by atoms with Gasteiger partial charge in [0.25, 0.3) is 0 Å². The van der Waals surface area contributed by atoms with Gasteiger partial charge in [0, 0.05) is 0 Å². The topological polar surface area (TPSA) is 153 Å². The summed E-state index contributed by atoms with van der Waals surface area (Å²) in [4.78, 5) is 48.8. The van der Waals surface area contributed by atoms with Gasteiger partial charge in [-0.1, -0.05) is 20.3 Å². The molecule has 0 heterocycles. The van der Waals surface area contributed by atoms with E-state index in [1.165, 1.54) is 21.0 Å². The van der Waals surface area contributed by atoms with Crippen LogP contribution in [-0.2, 0) is 19.2 Å². The highest BCUT2D eigenvalue weighted by atomic mass is 16.4. The highest BCUT2D eigenvalue weighted by Gasteiger charge is 2.56. The van der Waals surface area contributed by atoms with Crippen LogP contribution in [0.3, 0.4) is 0 Å². The highest BCUT2D eigenvalue weighted by Crippen LogP contribution is 2.25. The molecule has 9 heteroatoms. The van der Waals surface area contributed by atoms with Crippen LogP contribution in [0.25, 0.3) is 0 Å². The van der Waals surface area contributed by atoms with Crippen molar-refractivity contribution < 1.29 is 34.5 Å². The Hall–Kier alpha value is -1.68. The number of carboxylic acids is 1. The van der Waals surface area contributed by atoms with Crippen molar-refractivity contribution in [2.24, 2.45) is 5.92 Å². The zero-order valence-electron chi connectivity index (χ0n) is 16.1. The Morgan fingerprint density at radius 3 is 1.88 bits per heavy atom. The third kappa shape index (κ3) is 4.94. The minimum atomic E-state index is -3.22. The first-order valence-electron chi connectivity index (χ1n) is 8.45. The number of hydrogen-bond donors (Lipinski definition) is 5. The molecule has 0 amide bonds. The molecule has 0 radical (unpaired) electrons. The number of Topliss-reactive ketones (excluding diaryl/α,β-unsaturated/α-hetero) is 3. The molecule has 150 valence electrons. The molecular formula is C17H30N2O7. The second kappa shape index (κ2) is 9.31. The van der Waals surface area contributed by atoms with Crippen LogP contribution in [0.4, 0.5) is 0 Å². The summed E-state index contributed by atoms with van der Waals surface area (Å²) in [6.07, 6.45) is -0.457. The molecule has 5 N–H and O–H groups in total. The van der Waals surface area contributed by atoms with E-state index in [1.54, 1.807) is 6.92 Å². The summed E-state index contributed by atoms with van der Waals surface area (Å²) >= 11 is 0. The van der Waals surface area contributed by atoms with Crippen LogP contribution in [0, 0.1) is 5.92 Å². The molecule has 0 aromatic rings. The van der Waals surface area contributed by atoms with E-state index in [-0.39, 0.29) is 5.92 Å². The third-order valence-corrected chi connectivity index (χ3v) is 4.78. The molecule has 0 aliphatic heterocycles. The van der Waals surface area contributed by atoms with Crippen molar-refractivity contribution in [2.75, 3.05) is 14.1 Å². The maximum atomic E-state index is 12.6. The van der Waals surface area contributed by atoms with Crippen LogP contribution >= 0.6 is 0 Å². The Balaban J connectivity index is 5.81. The van der Waals surface area contributed by atoms with E-state index in [2.05, 4.69) is 10.6 Å². The summed E-state index contributed by atoms with van der Waals surface area (Å²) in [6, 6.07) is -1.75. The number of carboxylic acid groups (broad SMARTS) is 1. The van der Waals surface area contributed by atoms with Crippen LogP contribution in [0.1, 0.15) is 40.5 Å². The minimum absolute atomic E-state index is 0.174. The molecule has 0 aliphatic carbocycles. The number of ketones is 3. The van der Waals surface area contributed by atoms with Crippen molar-refractivity contribution in [3.8, 4) is 0 Å². The second-order valence-electron chi connectivity index (χ2n) is 6.74. The van der Waals surface area contributed by atoms with Crippen LogP contribution in [0.2, 0.25) is 0 Å². The molecule has 0 aromatic heterocycles. The van der Waals surface area contributed by atoms with Crippen LogP contribution in [-0.4, -0.2) is 76.0 Å². The van der Waals surface area contributed by atoms with Gasteiger partial charge in [0.2, 0.25) is 11.4 Å². The van der Waals surface area contributed by atoms with Crippen molar-refractivity contribution >= 4 is 23.3 Å². The van der Waals surface area contributed by atoms with Crippen LogP contribution < -0.4 is 10.6 Å². The van der Waals surface area contributed by atoms with Crippen molar-refractivity contribution in [3.63, 3.8) is 0 Å². The monoisotopic (exact) mass is 374 g/mol. The largest absolute Gasteiger partial charge is 0.479 e. The summed E-state index contributed by atoms with van der Waals surface area (Å²) in [5.41, 5.74) is -5.99. The van der Waals surface area contributed by atoms with Gasteiger partial charge in [0.05, 0.1) is 18.5 Å². The number of aliphatic hydroxyl groups is 2. The average molecular weight is 374 g/mol. The maximum Gasteiger partial charge on any atom is 0.344 e. The van der Waals surface area contributed by atoms with Gasteiger partial charge in [-0.25, -0.2) is 4.79 Å². The maximum absolute atomic E-state index is 12.6. The number of nitrogens with one attached hydrogen (secondary N) is 2. The van der Waals surface area contributed by atoms with E-state index in [9.17, 15) is 34.5 Å². The zero-order chi connectivity index (χ0) is 20.9. The molecule has 0 aliphatic rings. The molecule has 9 nitrogen and oxygen atoms in total. The summed E-state index contributed by atoms with van der Waals surface area (Å²) in [6.45, 7) is 5.78. The summed E-state index contributed by atoms with van der Waals surface area (Å²) in [5.74, 6) is -5.53. The quantitative estimate of drug-likeness (QED) is 0.268. The Morgan fingerprint density at radius 2 is 1.54 bits per heavy atom. The molecule has 0 fully saturated rings. The fourth-order valence-corrected chi connectivity index (χ4v) is 2.68. The van der Waals surface area contributed by atoms with Gasteiger partial charge in [-0.3, -0.25) is 14.4 Å². The fourth-order valence-electron chi connectivity index (χ4n) is 2.68. The second-order valence-corrected chi connectivity index (χ2v) is 6.74. The molecule has 0 bridgehead atoms. The first-order chi connectivity index (χ1) is 11.8. The lowest BCUT2D eigenvalue weighted by atomic mass is 9.78. The molecule has 0 spiro atoms. The predicted octanol–water partition coefficient (Wildman–Crippen LogP) is -1.11. The summed E-state index contributed by atoms with van der Waals surface area (Å²) < 4.78 is 0. The van der Waals surface area contributed by atoms with E-state index in [4.69, 9.17) is 0 Å². The van der Waals surface area contributed by atoms with Gasteiger partial charge in [-0.05, 0) is 33.9 Å². The molecule has 3 unspecified atom stereocenters. The van der Waals surface area contributed by atoms with Crippen LogP contribution in [0.5, 0.6) is 0 Å². The molecule has 5 atom stereocenters. The molecule has 0 saturated carbocycles. The van der Waals surface area contributed by atoms with Gasteiger partial charge in [0.1, 0.15) is 0 Å². The number of carbonyl (C=O) groups is 4. The Bertz CT molecular complexity index is 561. The van der Waals surface area contributed by atoms with E-state index in [0.29, 0.717) is 6.42 Å². The first kappa shape index (κ1) is 24.3. The van der Waals surface area contributed by atoms with Gasteiger partial charge in [-0.15, -0.1) is 0 Å². The molecule has 0 rings (SSSR count). The SMILES string of the molecule is CCC(C)[C@H](NC)C(=O)CC(O)(C(=O)O)C(=O)C(C)(O)C(=O)[C@H](C)NC. The number of likely N-dealkylation sites (N-methyl/N-ethyl adjacent to an activating group) is 2.